The van der Waals surface area contributed by atoms with Crippen molar-refractivity contribution >= 4 is 0 Å². The molecule has 166 valence electrons. The van der Waals surface area contributed by atoms with Gasteiger partial charge in [-0.15, -0.1) is 0 Å². The lowest BCUT2D eigenvalue weighted by Crippen LogP contribution is -2.29. The van der Waals surface area contributed by atoms with Gasteiger partial charge in [0.15, 0.2) is 0 Å². The molecule has 0 spiro atoms. The Balaban J connectivity index is 2.48. The molecule has 0 saturated heterocycles. The maximum atomic E-state index is 10.4. The van der Waals surface area contributed by atoms with Crippen LogP contribution >= 0.6 is 0 Å². The summed E-state index contributed by atoms with van der Waals surface area (Å²) in [6.45, 7) is 13.1. The topological polar surface area (TPSA) is 49.7 Å². The largest absolute Gasteiger partial charge is 0.508 e. The zero-order chi connectivity index (χ0) is 22.3. The fourth-order valence-electron chi connectivity index (χ4n) is 4.67. The molecular formula is C27H40O3. The second-order valence-electron chi connectivity index (χ2n) is 8.75. The maximum Gasteiger partial charge on any atom is 0.125 e. The highest BCUT2D eigenvalue weighted by molar-refractivity contribution is 5.48. The molecule has 2 unspecified atom stereocenters. The van der Waals surface area contributed by atoms with Crippen LogP contribution in [0.15, 0.2) is 30.3 Å². The van der Waals surface area contributed by atoms with E-state index in [0.717, 1.165) is 49.8 Å². The molecule has 0 aliphatic carbocycles. The van der Waals surface area contributed by atoms with E-state index in [-0.39, 0.29) is 23.0 Å². The van der Waals surface area contributed by atoms with Crippen LogP contribution in [0.5, 0.6) is 17.2 Å². The van der Waals surface area contributed by atoms with Gasteiger partial charge in [0, 0.05) is 0 Å². The van der Waals surface area contributed by atoms with Crippen LogP contribution in [0, 0.1) is 13.8 Å². The predicted octanol–water partition coefficient (Wildman–Crippen LogP) is 7.36. The molecule has 2 N–H and O–H groups in total. The molecule has 3 heteroatoms. The zero-order valence-corrected chi connectivity index (χ0v) is 19.7. The van der Waals surface area contributed by atoms with Gasteiger partial charge in [-0.1, -0.05) is 52.7 Å². The van der Waals surface area contributed by atoms with Gasteiger partial charge in [-0.2, -0.15) is 0 Å². The summed E-state index contributed by atoms with van der Waals surface area (Å²) in [5, 5.41) is 20.4. The van der Waals surface area contributed by atoms with E-state index in [0.29, 0.717) is 6.42 Å². The van der Waals surface area contributed by atoms with Gasteiger partial charge in [-0.3, -0.25) is 0 Å². The number of aromatic hydroxyl groups is 2. The summed E-state index contributed by atoms with van der Waals surface area (Å²) in [5.41, 5.74) is 4.35. The van der Waals surface area contributed by atoms with Crippen LogP contribution in [0.25, 0.3) is 0 Å². The average molecular weight is 413 g/mol. The zero-order valence-electron chi connectivity index (χ0n) is 19.7. The molecule has 0 heterocycles. The number of aryl methyl sites for hydroxylation is 2. The fraction of sp³-hybridized carbons (Fsp3) is 0.556. The third kappa shape index (κ3) is 5.50. The monoisotopic (exact) mass is 412 g/mol. The van der Waals surface area contributed by atoms with Crippen LogP contribution < -0.4 is 4.74 Å². The number of hydrogen-bond donors (Lipinski definition) is 2. The minimum absolute atomic E-state index is 0.0956. The SMILES string of the molecule is CCCC(CC)Oc1c(C)cc(C(CC)(CCC)Cc2cc(O)ccc2O)cc1C. The summed E-state index contributed by atoms with van der Waals surface area (Å²) in [7, 11) is 0. The van der Waals surface area contributed by atoms with Crippen LogP contribution in [0.4, 0.5) is 0 Å². The van der Waals surface area contributed by atoms with Crippen LogP contribution in [0.2, 0.25) is 0 Å². The van der Waals surface area contributed by atoms with Crippen LogP contribution in [-0.4, -0.2) is 16.3 Å². The Morgan fingerprint density at radius 2 is 1.60 bits per heavy atom. The average Bonchev–Trinajstić information content (AvgIpc) is 2.71. The number of phenolic OH excluding ortho intramolecular Hbond substituents is 2. The fourth-order valence-corrected chi connectivity index (χ4v) is 4.67. The summed E-state index contributed by atoms with van der Waals surface area (Å²) in [6.07, 6.45) is 7.20. The minimum Gasteiger partial charge on any atom is -0.508 e. The Hall–Kier alpha value is -2.16. The van der Waals surface area contributed by atoms with Gasteiger partial charge >= 0.3 is 0 Å². The number of benzene rings is 2. The molecule has 0 aromatic heterocycles. The van der Waals surface area contributed by atoms with E-state index >= 15 is 0 Å². The van der Waals surface area contributed by atoms with Gasteiger partial charge < -0.3 is 14.9 Å². The molecular weight excluding hydrogens is 372 g/mol. The van der Waals surface area contributed by atoms with Gasteiger partial charge in [-0.05, 0) is 91.8 Å². The molecule has 0 aliphatic heterocycles. The Labute approximate surface area is 183 Å². The number of hydrogen-bond acceptors (Lipinski definition) is 3. The van der Waals surface area contributed by atoms with Crippen molar-refractivity contribution < 1.29 is 14.9 Å². The first kappa shape index (κ1) is 24.1. The highest BCUT2D eigenvalue weighted by Gasteiger charge is 2.32. The molecule has 0 radical (unpaired) electrons. The highest BCUT2D eigenvalue weighted by atomic mass is 16.5. The van der Waals surface area contributed by atoms with Crippen molar-refractivity contribution in [1.29, 1.82) is 0 Å². The quantitative estimate of drug-likeness (QED) is 0.379. The summed E-state index contributed by atoms with van der Waals surface area (Å²) in [4.78, 5) is 0. The normalized spacial score (nSPS) is 14.3. The van der Waals surface area contributed by atoms with Gasteiger partial charge in [0.05, 0.1) is 6.10 Å². The molecule has 3 nitrogen and oxygen atoms in total. The third-order valence-electron chi connectivity index (χ3n) is 6.42. The van der Waals surface area contributed by atoms with Gasteiger partial charge in [0.25, 0.3) is 0 Å². The van der Waals surface area contributed by atoms with E-state index < -0.39 is 0 Å². The van der Waals surface area contributed by atoms with Gasteiger partial charge in [-0.25, -0.2) is 0 Å². The van der Waals surface area contributed by atoms with Gasteiger partial charge in [0.1, 0.15) is 17.2 Å². The second-order valence-corrected chi connectivity index (χ2v) is 8.75. The molecule has 0 saturated carbocycles. The number of rotatable bonds is 11. The molecule has 0 fully saturated rings. The summed E-state index contributed by atoms with van der Waals surface area (Å²) in [5.74, 6) is 1.46. The summed E-state index contributed by atoms with van der Waals surface area (Å²) in [6, 6.07) is 9.37. The molecule has 30 heavy (non-hydrogen) atoms. The Kier molecular flexibility index (Phi) is 8.64. The van der Waals surface area contributed by atoms with E-state index in [2.05, 4.69) is 53.7 Å². The first-order valence-electron chi connectivity index (χ1n) is 11.6. The molecule has 2 aromatic carbocycles. The van der Waals surface area contributed by atoms with Gasteiger partial charge in [0.2, 0.25) is 0 Å². The summed E-state index contributed by atoms with van der Waals surface area (Å²) < 4.78 is 6.41. The van der Waals surface area contributed by atoms with Crippen molar-refractivity contribution in [1.82, 2.24) is 0 Å². The first-order valence-corrected chi connectivity index (χ1v) is 11.6. The minimum atomic E-state index is -0.0956. The maximum absolute atomic E-state index is 10.4. The van der Waals surface area contributed by atoms with Crippen molar-refractivity contribution in [2.75, 3.05) is 0 Å². The number of ether oxygens (including phenoxy) is 1. The summed E-state index contributed by atoms with van der Waals surface area (Å²) >= 11 is 0. The smallest absolute Gasteiger partial charge is 0.125 e. The van der Waals surface area contributed by atoms with E-state index in [9.17, 15) is 10.2 Å². The van der Waals surface area contributed by atoms with Crippen molar-refractivity contribution in [3.05, 3.63) is 52.6 Å². The van der Waals surface area contributed by atoms with Crippen LogP contribution in [-0.2, 0) is 11.8 Å². The van der Waals surface area contributed by atoms with E-state index in [4.69, 9.17) is 4.74 Å². The second kappa shape index (κ2) is 10.7. The number of phenols is 2. The Morgan fingerprint density at radius 3 is 2.13 bits per heavy atom. The van der Waals surface area contributed by atoms with Crippen molar-refractivity contribution in [3.8, 4) is 17.2 Å². The molecule has 2 aromatic rings. The van der Waals surface area contributed by atoms with Crippen molar-refractivity contribution in [2.45, 2.75) is 98.0 Å². The molecule has 0 amide bonds. The predicted molar refractivity (Wildman–Crippen MR) is 126 cm³/mol. The standard InChI is InChI=1S/C27H40O3/c1-7-11-24(9-3)30-26-19(5)15-22(16-20(26)6)27(10-4,14-8-2)18-21-17-23(28)12-13-25(21)29/h12-13,15-17,24,28-29H,7-11,14,18H2,1-6H3. The molecule has 0 aliphatic rings. The first-order chi connectivity index (χ1) is 14.3. The third-order valence-corrected chi connectivity index (χ3v) is 6.42. The highest BCUT2D eigenvalue weighted by Crippen LogP contribution is 2.41. The lowest BCUT2D eigenvalue weighted by Gasteiger charge is -2.35. The molecule has 2 atom stereocenters. The van der Waals surface area contributed by atoms with Crippen molar-refractivity contribution in [2.24, 2.45) is 0 Å². The lowest BCUT2D eigenvalue weighted by atomic mass is 9.69. The van der Waals surface area contributed by atoms with Crippen LogP contribution in [0.3, 0.4) is 0 Å². The Bertz CT molecular complexity index is 804. The van der Waals surface area contributed by atoms with E-state index in [1.165, 1.54) is 22.8 Å². The van der Waals surface area contributed by atoms with E-state index in [1.807, 2.05) is 0 Å². The van der Waals surface area contributed by atoms with Crippen LogP contribution in [0.1, 0.15) is 88.5 Å². The molecule has 2 rings (SSSR count). The lowest BCUT2D eigenvalue weighted by molar-refractivity contribution is 0.183. The van der Waals surface area contributed by atoms with E-state index in [1.54, 1.807) is 12.1 Å². The molecule has 0 bridgehead atoms. The Morgan fingerprint density at radius 1 is 0.933 bits per heavy atom. The van der Waals surface area contributed by atoms with Crippen molar-refractivity contribution in [3.63, 3.8) is 0 Å².